The summed E-state index contributed by atoms with van der Waals surface area (Å²) in [7, 11) is 6.24. The fourth-order valence-electron chi connectivity index (χ4n) is 3.49. The largest absolute Gasteiger partial charge is 0.494 e. The highest BCUT2D eigenvalue weighted by Gasteiger charge is 2.20. The van der Waals surface area contributed by atoms with E-state index in [2.05, 4.69) is 10.6 Å². The fraction of sp³-hybridized carbons (Fsp3) is 0.375. The van der Waals surface area contributed by atoms with Gasteiger partial charge in [0.15, 0.2) is 11.5 Å². The van der Waals surface area contributed by atoms with Crippen LogP contribution >= 0.6 is 0 Å². The van der Waals surface area contributed by atoms with Crippen molar-refractivity contribution >= 4 is 29.1 Å². The second-order valence-corrected chi connectivity index (χ2v) is 7.82. The predicted molar refractivity (Wildman–Crippen MR) is 124 cm³/mol. The molecule has 0 atom stereocenters. The van der Waals surface area contributed by atoms with Crippen molar-refractivity contribution < 1.29 is 28.6 Å². The van der Waals surface area contributed by atoms with Crippen LogP contribution in [0.3, 0.4) is 0 Å². The Hall–Kier alpha value is -3.75. The molecule has 0 aromatic heterocycles. The van der Waals surface area contributed by atoms with E-state index in [1.54, 1.807) is 32.3 Å². The molecule has 1 heterocycles. The molecule has 2 aromatic rings. The van der Waals surface area contributed by atoms with Crippen LogP contribution in [0.25, 0.3) is 0 Å². The topological polar surface area (TPSA) is 106 Å². The lowest BCUT2D eigenvalue weighted by atomic mass is 10.0. The number of aryl methyl sites for hydroxylation is 1. The van der Waals surface area contributed by atoms with Crippen molar-refractivity contribution in [2.45, 2.75) is 25.7 Å². The van der Waals surface area contributed by atoms with E-state index in [1.807, 2.05) is 12.1 Å². The van der Waals surface area contributed by atoms with Crippen LogP contribution in [0.4, 0.5) is 11.4 Å². The third kappa shape index (κ3) is 5.94. The maximum absolute atomic E-state index is 12.6. The van der Waals surface area contributed by atoms with Crippen molar-refractivity contribution in [1.82, 2.24) is 4.90 Å². The maximum atomic E-state index is 12.6. The summed E-state index contributed by atoms with van der Waals surface area (Å²) in [4.78, 5) is 38.0. The van der Waals surface area contributed by atoms with Crippen LogP contribution in [0.5, 0.6) is 17.2 Å². The molecule has 9 nitrogen and oxygen atoms in total. The number of methoxy groups -OCH3 is 2. The molecule has 1 aliphatic rings. The summed E-state index contributed by atoms with van der Waals surface area (Å²) in [6.45, 7) is 0.355. The SMILES string of the molecule is COc1cc(NC(=O)CCCOc2ccc3c(c2)CCC(=O)N3)c(C(=O)N(C)C)cc1OC. The first-order chi connectivity index (χ1) is 15.8. The standard InChI is InChI=1S/C24H29N3O6/c1-27(2)24(30)17-13-20(31-3)21(32-4)14-19(17)26-22(28)6-5-11-33-16-8-9-18-15(12-16)7-10-23(29)25-18/h8-9,12-14H,5-7,10-11H2,1-4H3,(H,25,29)(H,26,28). The number of anilines is 2. The Bertz CT molecular complexity index is 1050. The number of ether oxygens (including phenoxy) is 3. The Labute approximate surface area is 193 Å². The van der Waals surface area contributed by atoms with E-state index in [4.69, 9.17) is 14.2 Å². The summed E-state index contributed by atoms with van der Waals surface area (Å²) in [5, 5.41) is 5.63. The van der Waals surface area contributed by atoms with Crippen LogP contribution < -0.4 is 24.8 Å². The highest BCUT2D eigenvalue weighted by molar-refractivity contribution is 6.04. The van der Waals surface area contributed by atoms with E-state index in [0.29, 0.717) is 54.4 Å². The first-order valence-electron chi connectivity index (χ1n) is 10.7. The average molecular weight is 456 g/mol. The fourth-order valence-corrected chi connectivity index (χ4v) is 3.49. The number of nitrogens with zero attached hydrogens (tertiary/aromatic N) is 1. The minimum atomic E-state index is -0.266. The predicted octanol–water partition coefficient (Wildman–Crippen LogP) is 3.09. The van der Waals surface area contributed by atoms with Crippen LogP contribution in [0.15, 0.2) is 30.3 Å². The second-order valence-electron chi connectivity index (χ2n) is 7.82. The zero-order chi connectivity index (χ0) is 24.0. The van der Waals surface area contributed by atoms with E-state index < -0.39 is 0 Å². The highest BCUT2D eigenvalue weighted by Crippen LogP contribution is 2.34. The number of carbonyl (C=O) groups is 3. The number of amides is 3. The van der Waals surface area contributed by atoms with Gasteiger partial charge >= 0.3 is 0 Å². The third-order valence-corrected chi connectivity index (χ3v) is 5.22. The van der Waals surface area contributed by atoms with Crippen molar-refractivity contribution in [2.24, 2.45) is 0 Å². The van der Waals surface area contributed by atoms with Crippen molar-refractivity contribution in [3.8, 4) is 17.2 Å². The number of nitrogens with one attached hydrogen (secondary N) is 2. The molecule has 0 spiro atoms. The number of carbonyl (C=O) groups excluding carboxylic acids is 3. The second kappa shape index (κ2) is 10.7. The normalized spacial score (nSPS) is 12.3. The Balaban J connectivity index is 1.58. The maximum Gasteiger partial charge on any atom is 0.255 e. The average Bonchev–Trinajstić information content (AvgIpc) is 2.81. The molecule has 0 radical (unpaired) electrons. The van der Waals surface area contributed by atoms with Gasteiger partial charge in [-0.2, -0.15) is 0 Å². The Morgan fingerprint density at radius 1 is 1.06 bits per heavy atom. The molecule has 0 bridgehead atoms. The van der Waals surface area contributed by atoms with Crippen LogP contribution in [0.2, 0.25) is 0 Å². The van der Waals surface area contributed by atoms with Gasteiger partial charge in [0.1, 0.15) is 5.75 Å². The number of rotatable bonds is 9. The van der Waals surface area contributed by atoms with Crippen molar-refractivity contribution in [1.29, 1.82) is 0 Å². The molecular weight excluding hydrogens is 426 g/mol. The smallest absolute Gasteiger partial charge is 0.255 e. The van der Waals surface area contributed by atoms with Gasteiger partial charge in [0, 0.05) is 38.7 Å². The summed E-state index contributed by atoms with van der Waals surface area (Å²) in [5.41, 5.74) is 2.52. The summed E-state index contributed by atoms with van der Waals surface area (Å²) < 4.78 is 16.4. The third-order valence-electron chi connectivity index (χ3n) is 5.22. The Morgan fingerprint density at radius 2 is 1.79 bits per heavy atom. The molecule has 0 saturated heterocycles. The van der Waals surface area contributed by atoms with Crippen molar-refractivity contribution in [3.05, 3.63) is 41.5 Å². The van der Waals surface area contributed by atoms with Crippen LogP contribution in [0.1, 0.15) is 35.2 Å². The molecule has 3 rings (SSSR count). The minimum Gasteiger partial charge on any atom is -0.494 e. The van der Waals surface area contributed by atoms with E-state index >= 15 is 0 Å². The molecule has 1 aliphatic heterocycles. The van der Waals surface area contributed by atoms with E-state index in [0.717, 1.165) is 11.3 Å². The molecule has 33 heavy (non-hydrogen) atoms. The molecule has 2 N–H and O–H groups in total. The number of hydrogen-bond donors (Lipinski definition) is 2. The highest BCUT2D eigenvalue weighted by atomic mass is 16.5. The molecule has 0 unspecified atom stereocenters. The van der Waals surface area contributed by atoms with Crippen LogP contribution in [-0.2, 0) is 16.0 Å². The molecule has 2 aromatic carbocycles. The van der Waals surface area contributed by atoms with E-state index in [1.165, 1.54) is 19.1 Å². The monoisotopic (exact) mass is 455 g/mol. The molecule has 3 amide bonds. The zero-order valence-corrected chi connectivity index (χ0v) is 19.3. The molecule has 0 aliphatic carbocycles. The van der Waals surface area contributed by atoms with Crippen molar-refractivity contribution in [2.75, 3.05) is 45.6 Å². The molecule has 9 heteroatoms. The van der Waals surface area contributed by atoms with E-state index in [-0.39, 0.29) is 24.1 Å². The molecule has 0 fully saturated rings. The number of hydrogen-bond acceptors (Lipinski definition) is 6. The Morgan fingerprint density at radius 3 is 2.48 bits per heavy atom. The first-order valence-corrected chi connectivity index (χ1v) is 10.7. The van der Waals surface area contributed by atoms with Crippen molar-refractivity contribution in [3.63, 3.8) is 0 Å². The zero-order valence-electron chi connectivity index (χ0n) is 19.3. The molecule has 0 saturated carbocycles. The van der Waals surface area contributed by atoms with Gasteiger partial charge in [-0.25, -0.2) is 0 Å². The van der Waals surface area contributed by atoms with Crippen LogP contribution in [-0.4, -0.2) is 57.5 Å². The van der Waals surface area contributed by atoms with Gasteiger partial charge in [0.25, 0.3) is 5.91 Å². The summed E-state index contributed by atoms with van der Waals surface area (Å²) in [6.07, 6.45) is 1.85. The minimum absolute atomic E-state index is 0.0205. The summed E-state index contributed by atoms with van der Waals surface area (Å²) in [5.74, 6) is 1.02. The lowest BCUT2D eigenvalue weighted by Gasteiger charge is -2.18. The quantitative estimate of drug-likeness (QED) is 0.563. The van der Waals surface area contributed by atoms with Gasteiger partial charge in [0.2, 0.25) is 11.8 Å². The molecule has 176 valence electrons. The summed E-state index contributed by atoms with van der Waals surface area (Å²) >= 11 is 0. The lowest BCUT2D eigenvalue weighted by Crippen LogP contribution is -2.24. The van der Waals surface area contributed by atoms with Crippen LogP contribution in [0, 0.1) is 0 Å². The van der Waals surface area contributed by atoms with E-state index in [9.17, 15) is 14.4 Å². The molecular formula is C24H29N3O6. The summed E-state index contributed by atoms with van der Waals surface area (Å²) in [6, 6.07) is 8.67. The Kier molecular flexibility index (Phi) is 7.76. The van der Waals surface area contributed by atoms with Gasteiger partial charge in [-0.05, 0) is 42.7 Å². The first kappa shape index (κ1) is 23.9. The lowest BCUT2D eigenvalue weighted by molar-refractivity contribution is -0.117. The van der Waals surface area contributed by atoms with Gasteiger partial charge < -0.3 is 29.7 Å². The van der Waals surface area contributed by atoms with Gasteiger partial charge in [0.05, 0.1) is 32.1 Å². The number of benzene rings is 2. The van der Waals surface area contributed by atoms with Gasteiger partial charge in [-0.15, -0.1) is 0 Å². The number of fused-ring (bicyclic) bond motifs is 1. The van der Waals surface area contributed by atoms with Gasteiger partial charge in [-0.3, -0.25) is 14.4 Å². The van der Waals surface area contributed by atoms with Gasteiger partial charge in [-0.1, -0.05) is 0 Å².